The molecule has 3 heterocycles. The fourth-order valence-corrected chi connectivity index (χ4v) is 5.79. The third-order valence-electron chi connectivity index (χ3n) is 8.11. The quantitative estimate of drug-likeness (QED) is 0.357. The van der Waals surface area contributed by atoms with Crippen molar-refractivity contribution >= 4 is 11.8 Å². The number of hydrogen-bond acceptors (Lipinski definition) is 7. The first-order valence-electron chi connectivity index (χ1n) is 13.2. The van der Waals surface area contributed by atoms with E-state index in [4.69, 9.17) is 18.9 Å². The minimum Gasteiger partial charge on any atom is -0.497 e. The van der Waals surface area contributed by atoms with Gasteiger partial charge in [0.2, 0.25) is 0 Å². The molecule has 3 aliphatic rings. The van der Waals surface area contributed by atoms with Gasteiger partial charge in [-0.05, 0) is 73.5 Å². The number of fused-ring (bicyclic) bond motifs is 3. The number of piperidine rings is 1. The molecule has 39 heavy (non-hydrogen) atoms. The molecular formula is C31H32N2O6. The van der Waals surface area contributed by atoms with Crippen LogP contribution < -0.4 is 18.9 Å². The molecule has 2 bridgehead atoms. The van der Waals surface area contributed by atoms with Crippen molar-refractivity contribution in [3.8, 4) is 23.0 Å². The number of hydrogen-bond donors (Lipinski definition) is 0. The van der Waals surface area contributed by atoms with Crippen molar-refractivity contribution in [2.75, 3.05) is 40.4 Å². The maximum atomic E-state index is 13.5. The molecular weight excluding hydrogens is 496 g/mol. The average Bonchev–Trinajstić information content (AvgIpc) is 3.64. The summed E-state index contributed by atoms with van der Waals surface area (Å²) in [7, 11) is 3.25. The van der Waals surface area contributed by atoms with Gasteiger partial charge in [-0.25, -0.2) is 0 Å². The molecule has 3 aliphatic heterocycles. The van der Waals surface area contributed by atoms with E-state index in [1.54, 1.807) is 26.4 Å². The summed E-state index contributed by atoms with van der Waals surface area (Å²) in [5.74, 6) is 1.85. The van der Waals surface area contributed by atoms with Crippen molar-refractivity contribution in [1.29, 1.82) is 0 Å². The second kappa shape index (κ2) is 10.3. The van der Waals surface area contributed by atoms with Crippen molar-refractivity contribution in [3.63, 3.8) is 0 Å². The Balaban J connectivity index is 1.26. The predicted octanol–water partition coefficient (Wildman–Crippen LogP) is 4.55. The molecule has 3 aromatic carbocycles. The molecule has 8 heteroatoms. The van der Waals surface area contributed by atoms with Gasteiger partial charge in [-0.3, -0.25) is 14.5 Å². The first-order chi connectivity index (χ1) is 19.0. The van der Waals surface area contributed by atoms with Crippen LogP contribution in [0.4, 0.5) is 0 Å². The third-order valence-corrected chi connectivity index (χ3v) is 8.11. The van der Waals surface area contributed by atoms with Crippen LogP contribution in [-0.2, 0) is 13.2 Å². The van der Waals surface area contributed by atoms with E-state index in [-0.39, 0.29) is 30.4 Å². The van der Waals surface area contributed by atoms with Gasteiger partial charge in [-0.2, -0.15) is 0 Å². The van der Waals surface area contributed by atoms with Crippen LogP contribution in [0.15, 0.2) is 60.7 Å². The molecule has 202 valence electrons. The second-order valence-electron chi connectivity index (χ2n) is 10.6. The van der Waals surface area contributed by atoms with Crippen LogP contribution in [0, 0.1) is 5.41 Å². The summed E-state index contributed by atoms with van der Waals surface area (Å²) in [4.78, 5) is 30.8. The van der Waals surface area contributed by atoms with Crippen molar-refractivity contribution in [1.82, 2.24) is 9.80 Å². The Labute approximate surface area is 228 Å². The van der Waals surface area contributed by atoms with E-state index >= 15 is 0 Å². The SMILES string of the molecule is COc1ccc(COc2cc3c(cc2OCc2ccc(OC)cc2)C(=O)N(CC24CCN(CC2)C4)C3=O)cc1. The highest BCUT2D eigenvalue weighted by Crippen LogP contribution is 2.43. The molecule has 8 nitrogen and oxygen atoms in total. The van der Waals surface area contributed by atoms with Gasteiger partial charge in [0.1, 0.15) is 24.7 Å². The van der Waals surface area contributed by atoms with Crippen LogP contribution in [0.3, 0.4) is 0 Å². The van der Waals surface area contributed by atoms with Gasteiger partial charge in [0.25, 0.3) is 11.8 Å². The summed E-state index contributed by atoms with van der Waals surface area (Å²) in [6, 6.07) is 18.5. The van der Waals surface area contributed by atoms with Crippen LogP contribution in [0.2, 0.25) is 0 Å². The monoisotopic (exact) mass is 528 g/mol. The summed E-state index contributed by atoms with van der Waals surface area (Å²) >= 11 is 0. The number of nitrogens with zero attached hydrogens (tertiary/aromatic N) is 2. The van der Waals surface area contributed by atoms with Gasteiger partial charge in [0.05, 0.1) is 25.3 Å². The topological polar surface area (TPSA) is 77.5 Å². The Morgan fingerprint density at radius 3 is 1.56 bits per heavy atom. The van der Waals surface area contributed by atoms with Gasteiger partial charge in [-0.15, -0.1) is 0 Å². The zero-order valence-corrected chi connectivity index (χ0v) is 22.3. The van der Waals surface area contributed by atoms with Gasteiger partial charge < -0.3 is 23.8 Å². The number of carbonyl (C=O) groups excluding carboxylic acids is 2. The number of carbonyl (C=O) groups is 2. The molecule has 6 rings (SSSR count). The molecule has 0 aliphatic carbocycles. The highest BCUT2D eigenvalue weighted by atomic mass is 16.5. The number of methoxy groups -OCH3 is 2. The number of amides is 2. The zero-order chi connectivity index (χ0) is 27.0. The van der Waals surface area contributed by atoms with E-state index in [9.17, 15) is 9.59 Å². The lowest BCUT2D eigenvalue weighted by Gasteiger charge is -2.29. The summed E-state index contributed by atoms with van der Waals surface area (Å²) < 4.78 is 22.8. The Morgan fingerprint density at radius 2 is 1.18 bits per heavy atom. The van der Waals surface area contributed by atoms with Gasteiger partial charge in [0.15, 0.2) is 11.5 Å². The minimum absolute atomic E-state index is 0.00869. The van der Waals surface area contributed by atoms with E-state index in [2.05, 4.69) is 4.90 Å². The van der Waals surface area contributed by atoms with E-state index < -0.39 is 0 Å². The molecule has 3 aromatic rings. The summed E-state index contributed by atoms with van der Waals surface area (Å²) in [6.45, 7) is 4.03. The molecule has 0 saturated carbocycles. The Bertz CT molecular complexity index is 1290. The normalized spacial score (nSPS) is 21.3. The lowest BCUT2D eigenvalue weighted by Crippen LogP contribution is -2.40. The van der Waals surface area contributed by atoms with Gasteiger partial charge in [-0.1, -0.05) is 24.3 Å². The summed E-state index contributed by atoms with van der Waals surface area (Å²) in [6.07, 6.45) is 2.04. The lowest BCUT2D eigenvalue weighted by atomic mass is 9.84. The molecule has 0 atom stereocenters. The van der Waals surface area contributed by atoms with E-state index in [1.807, 2.05) is 48.5 Å². The van der Waals surface area contributed by atoms with Crippen LogP contribution in [0.5, 0.6) is 23.0 Å². The fraction of sp³-hybridized carbons (Fsp3) is 0.355. The predicted molar refractivity (Wildman–Crippen MR) is 145 cm³/mol. The summed E-state index contributed by atoms with van der Waals surface area (Å²) in [5, 5.41) is 0. The van der Waals surface area contributed by atoms with E-state index in [0.29, 0.717) is 29.2 Å². The smallest absolute Gasteiger partial charge is 0.261 e. The zero-order valence-electron chi connectivity index (χ0n) is 22.3. The van der Waals surface area contributed by atoms with Crippen molar-refractivity contribution in [2.45, 2.75) is 26.1 Å². The summed E-state index contributed by atoms with van der Waals surface area (Å²) in [5.41, 5.74) is 2.62. The van der Waals surface area contributed by atoms with Crippen LogP contribution in [0.25, 0.3) is 0 Å². The molecule has 0 N–H and O–H groups in total. The first kappa shape index (κ1) is 25.2. The minimum atomic E-state index is -0.259. The number of imide groups is 1. The van der Waals surface area contributed by atoms with Crippen LogP contribution in [0.1, 0.15) is 44.7 Å². The molecule has 0 aromatic heterocycles. The molecule has 2 amide bonds. The number of ether oxygens (including phenoxy) is 4. The van der Waals surface area contributed by atoms with Crippen LogP contribution in [-0.4, -0.2) is 62.0 Å². The number of benzene rings is 3. The Morgan fingerprint density at radius 1 is 0.718 bits per heavy atom. The largest absolute Gasteiger partial charge is 0.497 e. The van der Waals surface area contributed by atoms with Gasteiger partial charge >= 0.3 is 0 Å². The molecule has 0 spiro atoms. The highest BCUT2D eigenvalue weighted by molar-refractivity contribution is 6.21. The van der Waals surface area contributed by atoms with E-state index in [0.717, 1.165) is 55.1 Å². The van der Waals surface area contributed by atoms with E-state index in [1.165, 1.54) is 4.90 Å². The average molecular weight is 529 g/mol. The van der Waals surface area contributed by atoms with Crippen LogP contribution >= 0.6 is 0 Å². The maximum Gasteiger partial charge on any atom is 0.261 e. The highest BCUT2D eigenvalue weighted by Gasteiger charge is 2.48. The van der Waals surface area contributed by atoms with Crippen molar-refractivity contribution < 1.29 is 28.5 Å². The van der Waals surface area contributed by atoms with Gasteiger partial charge in [0, 0.05) is 18.5 Å². The third kappa shape index (κ3) is 4.92. The molecule has 2 fully saturated rings. The number of rotatable bonds is 10. The standard InChI is InChI=1S/C31H32N2O6/c1-36-23-7-3-21(4-8-23)17-38-27-15-25-26(16-28(27)39-18-22-5-9-24(37-2)10-6-22)30(35)33(29(25)34)20-31-11-13-32(19-31)14-12-31/h3-10,15-16H,11-14,17-20H2,1-2H3. The molecule has 2 saturated heterocycles. The molecule has 0 unspecified atom stereocenters. The second-order valence-corrected chi connectivity index (χ2v) is 10.6. The lowest BCUT2D eigenvalue weighted by molar-refractivity contribution is 0.0583. The van der Waals surface area contributed by atoms with Crippen molar-refractivity contribution in [3.05, 3.63) is 82.9 Å². The fourth-order valence-electron chi connectivity index (χ4n) is 5.79. The molecule has 0 radical (unpaired) electrons. The first-order valence-corrected chi connectivity index (χ1v) is 13.2. The Hall–Kier alpha value is -4.04. The van der Waals surface area contributed by atoms with Crippen molar-refractivity contribution in [2.24, 2.45) is 5.41 Å². The maximum absolute atomic E-state index is 13.5. The Kier molecular flexibility index (Phi) is 6.64.